The van der Waals surface area contributed by atoms with E-state index in [0.29, 0.717) is 23.2 Å². The molecule has 0 spiro atoms. The van der Waals surface area contributed by atoms with Crippen LogP contribution >= 0.6 is 0 Å². The van der Waals surface area contributed by atoms with Crippen LogP contribution in [0.3, 0.4) is 0 Å². The van der Waals surface area contributed by atoms with Crippen molar-refractivity contribution in [3.8, 4) is 11.4 Å². The maximum Gasteiger partial charge on any atom is 0.152 e. The number of hydrogen-bond donors (Lipinski definition) is 2. The van der Waals surface area contributed by atoms with Crippen molar-refractivity contribution in [2.24, 2.45) is 0 Å². The normalized spacial score (nSPS) is 10.9. The van der Waals surface area contributed by atoms with Gasteiger partial charge in [-0.05, 0) is 0 Å². The van der Waals surface area contributed by atoms with Crippen molar-refractivity contribution < 1.29 is 9.18 Å². The zero-order valence-electron chi connectivity index (χ0n) is 8.57. The van der Waals surface area contributed by atoms with Crippen molar-refractivity contribution in [2.45, 2.75) is 0 Å². The lowest BCUT2D eigenvalue weighted by Gasteiger charge is -2.00. The highest BCUT2D eigenvalue weighted by molar-refractivity contribution is 6.02. The maximum atomic E-state index is 13.6. The van der Waals surface area contributed by atoms with Gasteiger partial charge in [0.25, 0.3) is 0 Å². The van der Waals surface area contributed by atoms with E-state index in [-0.39, 0.29) is 10.9 Å². The van der Waals surface area contributed by atoms with Gasteiger partial charge in [-0.3, -0.25) is 4.79 Å². The van der Waals surface area contributed by atoms with Crippen LogP contribution in [0.1, 0.15) is 10.4 Å². The third-order valence-electron chi connectivity index (χ3n) is 2.57. The van der Waals surface area contributed by atoms with E-state index < -0.39 is 5.82 Å². The molecule has 0 bridgehead atoms. The maximum absolute atomic E-state index is 13.6. The predicted octanol–water partition coefficient (Wildman–Crippen LogP) is 1.90. The Morgan fingerprint density at radius 3 is 2.88 bits per heavy atom. The summed E-state index contributed by atoms with van der Waals surface area (Å²) in [4.78, 5) is 24.4. The summed E-state index contributed by atoms with van der Waals surface area (Å²) >= 11 is 0. The van der Waals surface area contributed by atoms with E-state index in [2.05, 4.69) is 19.9 Å². The Morgan fingerprint density at radius 2 is 2.18 bits per heavy atom. The lowest BCUT2D eigenvalue weighted by Crippen LogP contribution is -1.89. The van der Waals surface area contributed by atoms with Gasteiger partial charge < -0.3 is 9.97 Å². The van der Waals surface area contributed by atoms with Gasteiger partial charge in [0.15, 0.2) is 12.1 Å². The highest BCUT2D eigenvalue weighted by Crippen LogP contribution is 2.27. The van der Waals surface area contributed by atoms with E-state index in [0.717, 1.165) is 6.20 Å². The van der Waals surface area contributed by atoms with Gasteiger partial charge in [0.2, 0.25) is 0 Å². The van der Waals surface area contributed by atoms with Crippen molar-refractivity contribution in [3.63, 3.8) is 0 Å². The molecule has 0 aliphatic heterocycles. The van der Waals surface area contributed by atoms with E-state index in [1.807, 2.05) is 0 Å². The lowest BCUT2D eigenvalue weighted by molar-refractivity contribution is 0.112. The molecule has 0 unspecified atom stereocenters. The molecule has 0 saturated carbocycles. The van der Waals surface area contributed by atoms with Crippen LogP contribution in [0.25, 0.3) is 22.3 Å². The number of nitrogens with zero attached hydrogens (tertiary/aromatic N) is 2. The van der Waals surface area contributed by atoms with Crippen molar-refractivity contribution in [1.29, 1.82) is 0 Å². The summed E-state index contributed by atoms with van der Waals surface area (Å²) in [5.41, 5.74) is 1.96. The molecular formula is C11H7FN4O. The number of halogens is 1. The third kappa shape index (κ3) is 1.34. The summed E-state index contributed by atoms with van der Waals surface area (Å²) < 4.78 is 13.6. The molecule has 0 radical (unpaired) electrons. The van der Waals surface area contributed by atoms with E-state index >= 15 is 0 Å². The average Bonchev–Trinajstić information content (AvgIpc) is 2.98. The second-order valence-corrected chi connectivity index (χ2v) is 3.53. The second kappa shape index (κ2) is 3.51. The SMILES string of the molecule is O=Cc1c[nH]c2c(-c3cnc[nH]3)ncc(F)c12. The van der Waals surface area contributed by atoms with Crippen LogP contribution in [-0.2, 0) is 0 Å². The van der Waals surface area contributed by atoms with Crippen molar-refractivity contribution in [3.05, 3.63) is 36.3 Å². The van der Waals surface area contributed by atoms with Crippen LogP contribution in [0.15, 0.2) is 24.9 Å². The number of hydrogen-bond acceptors (Lipinski definition) is 3. The summed E-state index contributed by atoms with van der Waals surface area (Å²) in [6.07, 6.45) is 6.26. The summed E-state index contributed by atoms with van der Waals surface area (Å²) in [6.45, 7) is 0. The van der Waals surface area contributed by atoms with Gasteiger partial charge in [0.05, 0.1) is 29.9 Å². The summed E-state index contributed by atoms with van der Waals surface area (Å²) in [7, 11) is 0. The number of fused-ring (bicyclic) bond motifs is 1. The fraction of sp³-hybridized carbons (Fsp3) is 0. The first kappa shape index (κ1) is 9.71. The zero-order chi connectivity index (χ0) is 11.8. The number of aldehydes is 1. The average molecular weight is 230 g/mol. The van der Waals surface area contributed by atoms with Crippen LogP contribution in [0.2, 0.25) is 0 Å². The van der Waals surface area contributed by atoms with Crippen molar-refractivity contribution >= 4 is 17.2 Å². The minimum Gasteiger partial charge on any atom is -0.359 e. The number of H-pyrrole nitrogens is 2. The Kier molecular flexibility index (Phi) is 2.01. The van der Waals surface area contributed by atoms with Gasteiger partial charge in [0, 0.05) is 17.1 Å². The molecule has 3 rings (SSSR count). The fourth-order valence-corrected chi connectivity index (χ4v) is 1.82. The Hall–Kier alpha value is -2.50. The number of imidazole rings is 1. The molecule has 84 valence electrons. The van der Waals surface area contributed by atoms with E-state index in [1.54, 1.807) is 6.20 Å². The molecule has 0 aromatic carbocycles. The van der Waals surface area contributed by atoms with Gasteiger partial charge in [-0.25, -0.2) is 14.4 Å². The molecule has 5 nitrogen and oxygen atoms in total. The molecule has 0 saturated heterocycles. The van der Waals surface area contributed by atoms with Crippen LogP contribution < -0.4 is 0 Å². The minimum absolute atomic E-state index is 0.250. The predicted molar refractivity (Wildman–Crippen MR) is 59.0 cm³/mol. The Balaban J connectivity index is 2.39. The van der Waals surface area contributed by atoms with E-state index in [9.17, 15) is 9.18 Å². The molecule has 0 fully saturated rings. The first-order chi connectivity index (χ1) is 8.31. The molecule has 0 amide bonds. The van der Waals surface area contributed by atoms with Gasteiger partial charge in [-0.2, -0.15) is 0 Å². The first-order valence-corrected chi connectivity index (χ1v) is 4.90. The van der Waals surface area contributed by atoms with Crippen LogP contribution in [-0.4, -0.2) is 26.2 Å². The molecule has 3 aromatic rings. The smallest absolute Gasteiger partial charge is 0.152 e. The third-order valence-corrected chi connectivity index (χ3v) is 2.57. The van der Waals surface area contributed by atoms with Gasteiger partial charge >= 0.3 is 0 Å². The summed E-state index contributed by atoms with van der Waals surface area (Å²) in [5, 5.41) is 0.250. The molecule has 17 heavy (non-hydrogen) atoms. The molecule has 2 N–H and O–H groups in total. The standard InChI is InChI=1S/C11H7FN4O/c12-7-2-15-10(8-3-13-5-16-8)11-9(7)6(4-17)1-14-11/h1-5,14H,(H,13,16). The summed E-state index contributed by atoms with van der Waals surface area (Å²) in [5.74, 6) is -0.522. The van der Waals surface area contributed by atoms with Crippen LogP contribution in [0, 0.1) is 5.82 Å². The highest BCUT2D eigenvalue weighted by Gasteiger charge is 2.14. The van der Waals surface area contributed by atoms with Gasteiger partial charge in [-0.15, -0.1) is 0 Å². The second-order valence-electron chi connectivity index (χ2n) is 3.53. The number of carbonyl (C=O) groups is 1. The van der Waals surface area contributed by atoms with Gasteiger partial charge in [-0.1, -0.05) is 0 Å². The molecule has 3 aromatic heterocycles. The van der Waals surface area contributed by atoms with Crippen LogP contribution in [0.4, 0.5) is 4.39 Å². The lowest BCUT2D eigenvalue weighted by atomic mass is 10.1. The Bertz CT molecular complexity index is 687. The minimum atomic E-state index is -0.522. The van der Waals surface area contributed by atoms with E-state index in [1.165, 1.54) is 12.5 Å². The number of aromatic amines is 2. The Morgan fingerprint density at radius 1 is 1.29 bits per heavy atom. The number of pyridine rings is 1. The van der Waals surface area contributed by atoms with Crippen LogP contribution in [0.5, 0.6) is 0 Å². The quantitative estimate of drug-likeness (QED) is 0.660. The monoisotopic (exact) mass is 230 g/mol. The number of rotatable bonds is 2. The molecule has 0 aliphatic carbocycles. The van der Waals surface area contributed by atoms with Gasteiger partial charge in [0.1, 0.15) is 5.69 Å². The summed E-state index contributed by atoms with van der Waals surface area (Å²) in [6, 6.07) is 0. The largest absolute Gasteiger partial charge is 0.359 e. The molecule has 0 atom stereocenters. The van der Waals surface area contributed by atoms with E-state index in [4.69, 9.17) is 0 Å². The van der Waals surface area contributed by atoms with Crippen molar-refractivity contribution in [2.75, 3.05) is 0 Å². The fourth-order valence-electron chi connectivity index (χ4n) is 1.82. The molecule has 3 heterocycles. The first-order valence-electron chi connectivity index (χ1n) is 4.90. The number of nitrogens with one attached hydrogen (secondary N) is 2. The topological polar surface area (TPSA) is 74.4 Å². The zero-order valence-corrected chi connectivity index (χ0v) is 8.57. The number of carbonyl (C=O) groups excluding carboxylic acids is 1. The molecule has 0 aliphatic rings. The molecule has 6 heteroatoms. The Labute approximate surface area is 94.7 Å². The highest BCUT2D eigenvalue weighted by atomic mass is 19.1. The molecular weight excluding hydrogens is 223 g/mol. The number of aromatic nitrogens is 4. The van der Waals surface area contributed by atoms with Crippen molar-refractivity contribution in [1.82, 2.24) is 19.9 Å².